The quantitative estimate of drug-likeness (QED) is 0.157. The third kappa shape index (κ3) is 7.04. The molecule has 4 rings (SSSR count). The lowest BCUT2D eigenvalue weighted by Gasteiger charge is -2.15. The number of carbonyl (C=O) groups is 1. The van der Waals surface area contributed by atoms with Crippen LogP contribution in [-0.2, 0) is 6.54 Å². The second-order valence-corrected chi connectivity index (χ2v) is 9.83. The van der Waals surface area contributed by atoms with E-state index in [0.717, 1.165) is 16.9 Å². The van der Waals surface area contributed by atoms with Crippen LogP contribution in [0.3, 0.4) is 0 Å². The van der Waals surface area contributed by atoms with Crippen molar-refractivity contribution in [3.8, 4) is 28.7 Å². The number of allylic oxidation sites excluding steroid dienone is 1. The van der Waals surface area contributed by atoms with Crippen molar-refractivity contribution in [3.63, 3.8) is 0 Å². The molecule has 0 atom stereocenters. The Balaban J connectivity index is 1.56. The predicted molar refractivity (Wildman–Crippen MR) is 170 cm³/mol. The second-order valence-electron chi connectivity index (χ2n) is 9.83. The summed E-state index contributed by atoms with van der Waals surface area (Å²) in [5, 5.41) is 7.40. The van der Waals surface area contributed by atoms with Gasteiger partial charge in [0.15, 0.2) is 22.9 Å². The van der Waals surface area contributed by atoms with Crippen LogP contribution in [-0.4, -0.2) is 72.2 Å². The number of hydrogen-bond donors (Lipinski definition) is 1. The largest absolute Gasteiger partial charge is 0.493 e. The molecule has 0 saturated carbocycles. The molecule has 230 valence electrons. The highest BCUT2D eigenvalue weighted by Gasteiger charge is 2.22. The molecule has 1 amide bonds. The summed E-state index contributed by atoms with van der Waals surface area (Å²) in [4.78, 5) is 28.3. The van der Waals surface area contributed by atoms with Crippen molar-refractivity contribution in [1.29, 1.82) is 0 Å². The minimum absolute atomic E-state index is 0.127. The van der Waals surface area contributed by atoms with Gasteiger partial charge in [-0.25, -0.2) is 9.67 Å². The minimum Gasteiger partial charge on any atom is -0.493 e. The standard InChI is InChI=1S/C32H37N7O5/c1-9-25(23-15-26(41-7)27(42-8)16-24(23)33-4)44-22-11-12-29(35-17-22)36-32(40)30-28(43-10-2)19-39(37-30)31-20(3)34-14-13-21(31)18-38(5)6/h9,11-17,19H,4,10,18H2,1-3,5-8H3,(H,35,36,40)/b25-9+. The van der Waals surface area contributed by atoms with E-state index in [1.165, 1.54) is 6.20 Å². The highest BCUT2D eigenvalue weighted by molar-refractivity contribution is 6.04. The van der Waals surface area contributed by atoms with Gasteiger partial charge >= 0.3 is 0 Å². The Morgan fingerprint density at radius 1 is 1.11 bits per heavy atom. The maximum atomic E-state index is 13.4. The first-order chi connectivity index (χ1) is 21.2. The maximum Gasteiger partial charge on any atom is 0.281 e. The van der Waals surface area contributed by atoms with E-state index in [2.05, 4.69) is 37.0 Å². The van der Waals surface area contributed by atoms with Crippen molar-refractivity contribution in [2.45, 2.75) is 27.3 Å². The average Bonchev–Trinajstić information content (AvgIpc) is 3.43. The summed E-state index contributed by atoms with van der Waals surface area (Å²) in [6.07, 6.45) is 6.77. The SMILES string of the molecule is C=Nc1cc(OC)c(OC)cc1/C(=C\C)Oc1ccc(NC(=O)c2nn(-c3c(CN(C)C)ccnc3C)cc2OCC)nc1. The summed E-state index contributed by atoms with van der Waals surface area (Å²) in [6.45, 7) is 10.3. The zero-order valence-electron chi connectivity index (χ0n) is 26.0. The molecular formula is C32H37N7O5. The lowest BCUT2D eigenvalue weighted by molar-refractivity contribution is 0.101. The van der Waals surface area contributed by atoms with E-state index in [-0.39, 0.29) is 5.69 Å². The van der Waals surface area contributed by atoms with E-state index in [0.29, 0.717) is 59.0 Å². The van der Waals surface area contributed by atoms with Crippen LogP contribution in [0.4, 0.5) is 11.5 Å². The number of benzene rings is 1. The summed E-state index contributed by atoms with van der Waals surface area (Å²) < 4.78 is 24.4. The van der Waals surface area contributed by atoms with Crippen molar-refractivity contribution in [3.05, 3.63) is 77.5 Å². The second kappa shape index (κ2) is 14.3. The maximum absolute atomic E-state index is 13.4. The molecule has 3 aromatic heterocycles. The molecule has 4 aromatic rings. The number of aryl methyl sites for hydroxylation is 1. The van der Waals surface area contributed by atoms with E-state index >= 15 is 0 Å². The van der Waals surface area contributed by atoms with Crippen LogP contribution in [0.1, 0.15) is 41.2 Å². The third-order valence-electron chi connectivity index (χ3n) is 6.51. The fraction of sp³-hybridized carbons (Fsp3) is 0.281. The Morgan fingerprint density at radius 2 is 1.86 bits per heavy atom. The zero-order valence-corrected chi connectivity index (χ0v) is 26.0. The molecule has 0 saturated heterocycles. The van der Waals surface area contributed by atoms with E-state index in [1.807, 2.05) is 40.9 Å². The molecule has 0 aliphatic rings. The van der Waals surface area contributed by atoms with Crippen LogP contribution >= 0.6 is 0 Å². The molecule has 44 heavy (non-hydrogen) atoms. The van der Waals surface area contributed by atoms with Gasteiger partial charge in [-0.05, 0) is 77.5 Å². The number of aromatic nitrogens is 4. The highest BCUT2D eigenvalue weighted by atomic mass is 16.5. The average molecular weight is 600 g/mol. The van der Waals surface area contributed by atoms with E-state index in [4.69, 9.17) is 18.9 Å². The van der Waals surface area contributed by atoms with Gasteiger partial charge in [0.1, 0.15) is 17.3 Å². The van der Waals surface area contributed by atoms with Crippen LogP contribution in [0.15, 0.2) is 60.0 Å². The Bertz CT molecular complexity index is 1660. The molecule has 0 spiro atoms. The number of hydrogen-bond acceptors (Lipinski definition) is 10. The minimum atomic E-state index is -0.467. The third-order valence-corrected chi connectivity index (χ3v) is 6.51. The predicted octanol–water partition coefficient (Wildman–Crippen LogP) is 5.47. The Kier molecular flexibility index (Phi) is 10.3. The number of anilines is 1. The lowest BCUT2D eigenvalue weighted by atomic mass is 10.1. The van der Waals surface area contributed by atoms with Crippen LogP contribution in [0.25, 0.3) is 11.4 Å². The van der Waals surface area contributed by atoms with Gasteiger partial charge in [0.25, 0.3) is 5.91 Å². The van der Waals surface area contributed by atoms with Gasteiger partial charge in [-0.3, -0.25) is 14.8 Å². The Labute approximate surface area is 257 Å². The van der Waals surface area contributed by atoms with E-state index in [1.54, 1.807) is 61.6 Å². The fourth-order valence-corrected chi connectivity index (χ4v) is 4.57. The van der Waals surface area contributed by atoms with Crippen LogP contribution < -0.4 is 24.3 Å². The van der Waals surface area contributed by atoms with Gasteiger partial charge < -0.3 is 29.2 Å². The molecule has 12 nitrogen and oxygen atoms in total. The smallest absolute Gasteiger partial charge is 0.281 e. The Morgan fingerprint density at radius 3 is 2.48 bits per heavy atom. The van der Waals surface area contributed by atoms with Crippen molar-refractivity contribution in [2.24, 2.45) is 4.99 Å². The number of methoxy groups -OCH3 is 2. The zero-order chi connectivity index (χ0) is 31.8. The molecule has 0 radical (unpaired) electrons. The summed E-state index contributed by atoms with van der Waals surface area (Å²) in [7, 11) is 7.08. The summed E-state index contributed by atoms with van der Waals surface area (Å²) in [5.41, 5.74) is 3.94. The summed E-state index contributed by atoms with van der Waals surface area (Å²) in [5.74, 6) is 2.20. The van der Waals surface area contributed by atoms with Crippen LogP contribution in [0, 0.1) is 6.92 Å². The monoisotopic (exact) mass is 599 g/mol. The number of pyridine rings is 2. The molecule has 3 heterocycles. The molecule has 0 bridgehead atoms. The van der Waals surface area contributed by atoms with Gasteiger partial charge in [0, 0.05) is 24.4 Å². The number of rotatable bonds is 13. The molecule has 0 aliphatic heterocycles. The number of carbonyl (C=O) groups excluding carboxylic acids is 1. The number of nitrogens with one attached hydrogen (secondary N) is 1. The van der Waals surface area contributed by atoms with E-state index < -0.39 is 5.91 Å². The highest BCUT2D eigenvalue weighted by Crippen LogP contribution is 2.38. The first-order valence-electron chi connectivity index (χ1n) is 13.9. The van der Waals surface area contributed by atoms with E-state index in [9.17, 15) is 4.79 Å². The van der Waals surface area contributed by atoms with Crippen molar-refractivity contribution >= 4 is 29.9 Å². The topological polar surface area (TPSA) is 125 Å². The molecule has 0 aliphatic carbocycles. The number of aliphatic imine (C=N–C) groups is 1. The van der Waals surface area contributed by atoms with Gasteiger partial charge in [-0.2, -0.15) is 5.10 Å². The van der Waals surface area contributed by atoms with Gasteiger partial charge in [0.2, 0.25) is 0 Å². The Hall–Kier alpha value is -5.23. The molecule has 12 heteroatoms. The summed E-state index contributed by atoms with van der Waals surface area (Å²) >= 11 is 0. The molecule has 1 N–H and O–H groups in total. The van der Waals surface area contributed by atoms with Gasteiger partial charge in [-0.15, -0.1) is 0 Å². The molecular weight excluding hydrogens is 562 g/mol. The number of nitrogens with zero attached hydrogens (tertiary/aromatic N) is 6. The normalized spacial score (nSPS) is 11.3. The van der Waals surface area contributed by atoms with Crippen molar-refractivity contribution < 1.29 is 23.7 Å². The number of amides is 1. The number of ether oxygens (including phenoxy) is 4. The van der Waals surface area contributed by atoms with Crippen LogP contribution in [0.2, 0.25) is 0 Å². The fourth-order valence-electron chi connectivity index (χ4n) is 4.57. The molecule has 0 unspecified atom stereocenters. The van der Waals surface area contributed by atoms with Crippen molar-refractivity contribution in [1.82, 2.24) is 24.6 Å². The first-order valence-corrected chi connectivity index (χ1v) is 13.9. The van der Waals surface area contributed by atoms with Crippen molar-refractivity contribution in [2.75, 3.05) is 40.2 Å². The first kappa shape index (κ1) is 31.7. The summed E-state index contributed by atoms with van der Waals surface area (Å²) in [6, 6.07) is 8.77. The molecule has 1 aromatic carbocycles. The van der Waals surface area contributed by atoms with Crippen LogP contribution in [0.5, 0.6) is 23.0 Å². The lowest BCUT2D eigenvalue weighted by Crippen LogP contribution is -2.16. The molecule has 0 fully saturated rings. The van der Waals surface area contributed by atoms with Gasteiger partial charge in [0.05, 0.1) is 50.3 Å². The van der Waals surface area contributed by atoms with Gasteiger partial charge in [-0.1, -0.05) is 0 Å².